The van der Waals surface area contributed by atoms with Crippen LogP contribution in [0.5, 0.6) is 0 Å². The molecule has 8 nitrogen and oxygen atoms in total. The molecule has 0 N–H and O–H groups in total. The minimum atomic E-state index is -0.471. The van der Waals surface area contributed by atoms with E-state index in [0.717, 1.165) is 11.4 Å². The number of hydrogen-bond donors (Lipinski definition) is 0. The Balaban J connectivity index is 1.23. The number of hydrazone groups is 1. The van der Waals surface area contributed by atoms with Crippen molar-refractivity contribution in [1.82, 2.24) is 5.01 Å². The molecule has 9 heteroatoms. The van der Waals surface area contributed by atoms with E-state index < -0.39 is 4.92 Å². The lowest BCUT2D eigenvalue weighted by molar-refractivity contribution is -0.384. The fourth-order valence-electron chi connectivity index (χ4n) is 5.55. The first kappa shape index (κ1) is 18.7. The Morgan fingerprint density at radius 1 is 1.10 bits per heavy atom. The Morgan fingerprint density at radius 3 is 2.39 bits per heavy atom. The highest BCUT2D eigenvalue weighted by Crippen LogP contribution is 2.65. The predicted octanol–water partition coefficient (Wildman–Crippen LogP) is 4.00. The van der Waals surface area contributed by atoms with Crippen LogP contribution >= 0.6 is 15.9 Å². The first-order valence-electron chi connectivity index (χ1n) is 10.1. The van der Waals surface area contributed by atoms with Crippen molar-refractivity contribution in [2.75, 3.05) is 0 Å². The molecule has 1 aliphatic heterocycles. The number of imide groups is 1. The Hall–Kier alpha value is -3.07. The maximum atomic E-state index is 12.9. The highest BCUT2D eigenvalue weighted by molar-refractivity contribution is 9.10. The average molecular weight is 482 g/mol. The third kappa shape index (κ3) is 2.69. The molecule has 2 bridgehead atoms. The number of benzene rings is 1. The summed E-state index contributed by atoms with van der Waals surface area (Å²) in [5.41, 5.74) is 0.615. The van der Waals surface area contributed by atoms with E-state index in [1.165, 1.54) is 18.3 Å². The Kier molecular flexibility index (Phi) is 3.89. The summed E-state index contributed by atoms with van der Waals surface area (Å²) in [7, 11) is 0. The summed E-state index contributed by atoms with van der Waals surface area (Å²) in [4.78, 5) is 36.3. The predicted molar refractivity (Wildman–Crippen MR) is 113 cm³/mol. The van der Waals surface area contributed by atoms with Gasteiger partial charge in [-0.2, -0.15) is 10.1 Å². The Labute approximate surface area is 184 Å². The number of allylic oxidation sites excluding steroid dienone is 2. The van der Waals surface area contributed by atoms with Gasteiger partial charge in [0.1, 0.15) is 11.5 Å². The van der Waals surface area contributed by atoms with Crippen LogP contribution in [0.2, 0.25) is 0 Å². The number of halogens is 1. The monoisotopic (exact) mass is 481 g/mol. The van der Waals surface area contributed by atoms with Crippen molar-refractivity contribution >= 4 is 39.6 Å². The Morgan fingerprint density at radius 2 is 1.77 bits per heavy atom. The molecule has 0 radical (unpaired) electrons. The van der Waals surface area contributed by atoms with Gasteiger partial charge in [0.05, 0.1) is 23.0 Å². The molecule has 5 aliphatic rings. The summed E-state index contributed by atoms with van der Waals surface area (Å²) in [6, 6.07) is 7.77. The van der Waals surface area contributed by atoms with E-state index in [4.69, 9.17) is 4.42 Å². The highest BCUT2D eigenvalue weighted by atomic mass is 79.9. The van der Waals surface area contributed by atoms with Gasteiger partial charge in [0, 0.05) is 22.2 Å². The van der Waals surface area contributed by atoms with Crippen molar-refractivity contribution in [3.8, 4) is 11.3 Å². The normalized spacial score (nSPS) is 32.6. The molecule has 1 saturated heterocycles. The Bertz CT molecular complexity index is 1180. The van der Waals surface area contributed by atoms with E-state index >= 15 is 0 Å². The first-order valence-corrected chi connectivity index (χ1v) is 10.9. The van der Waals surface area contributed by atoms with Gasteiger partial charge >= 0.3 is 0 Å². The van der Waals surface area contributed by atoms with Crippen LogP contribution in [-0.4, -0.2) is 28.0 Å². The van der Waals surface area contributed by atoms with Gasteiger partial charge in [0.2, 0.25) is 0 Å². The second-order valence-corrected chi connectivity index (χ2v) is 9.37. The minimum absolute atomic E-state index is 0.0300. The molecular weight excluding hydrogens is 466 g/mol. The van der Waals surface area contributed by atoms with Crippen LogP contribution in [-0.2, 0) is 9.59 Å². The van der Waals surface area contributed by atoms with Crippen molar-refractivity contribution in [3.05, 3.63) is 62.8 Å². The summed E-state index contributed by atoms with van der Waals surface area (Å²) in [6.45, 7) is 0. The van der Waals surface area contributed by atoms with Crippen LogP contribution in [0.3, 0.4) is 0 Å². The van der Waals surface area contributed by atoms with Crippen LogP contribution < -0.4 is 0 Å². The second kappa shape index (κ2) is 6.46. The molecular formula is C22H16BrN3O5. The molecule has 4 aliphatic carbocycles. The van der Waals surface area contributed by atoms with Crippen molar-refractivity contribution < 1.29 is 18.9 Å². The first-order chi connectivity index (χ1) is 14.9. The number of furan rings is 1. The lowest BCUT2D eigenvalue weighted by Crippen LogP contribution is -2.40. The fourth-order valence-corrected chi connectivity index (χ4v) is 6.12. The number of carbonyl (C=O) groups excluding carboxylic acids is 2. The maximum absolute atomic E-state index is 12.9. The molecule has 31 heavy (non-hydrogen) atoms. The van der Waals surface area contributed by atoms with Gasteiger partial charge in [0.25, 0.3) is 17.5 Å². The molecule has 1 aromatic heterocycles. The summed E-state index contributed by atoms with van der Waals surface area (Å²) < 4.78 is 6.29. The SMILES string of the molecule is O=C1[C@@H]2[C@H]3C=C[C@@H]([C@@H]4C[C@H]34)[C@H]2C(=O)N1/N=C\c1ccc(-c2ccc([N+](=O)[O-])cc2Br)o1. The lowest BCUT2D eigenvalue weighted by Gasteiger charge is -2.37. The van der Waals surface area contributed by atoms with Crippen LogP contribution in [0.1, 0.15) is 12.2 Å². The summed E-state index contributed by atoms with van der Waals surface area (Å²) in [5.74, 6) is 1.25. The quantitative estimate of drug-likeness (QED) is 0.215. The molecule has 3 fully saturated rings. The zero-order valence-electron chi connectivity index (χ0n) is 16.1. The highest BCUT2D eigenvalue weighted by Gasteiger charge is 2.67. The molecule has 2 aromatic rings. The number of nitro groups is 1. The van der Waals surface area contributed by atoms with Gasteiger partial charge in [-0.1, -0.05) is 12.2 Å². The van der Waals surface area contributed by atoms with Gasteiger partial charge in [-0.25, -0.2) is 0 Å². The molecule has 6 atom stereocenters. The third-order valence-corrected chi connectivity index (χ3v) is 7.65. The molecule has 2 heterocycles. The second-order valence-electron chi connectivity index (χ2n) is 8.51. The van der Waals surface area contributed by atoms with Crippen LogP contribution in [0.15, 0.2) is 56.5 Å². The molecule has 2 amide bonds. The van der Waals surface area contributed by atoms with Crippen molar-refractivity contribution in [2.45, 2.75) is 6.42 Å². The zero-order valence-corrected chi connectivity index (χ0v) is 17.6. The molecule has 156 valence electrons. The summed E-state index contributed by atoms with van der Waals surface area (Å²) >= 11 is 3.33. The van der Waals surface area contributed by atoms with E-state index in [1.807, 2.05) is 0 Å². The standard InChI is InChI=1S/C22H16BrN3O5/c23-17-7-10(26(29)30)1-3-14(17)18-6-2-11(31-18)9-24-25-21(27)19-12-4-5-13(16-8-15(12)16)20(19)22(25)28/h1-7,9,12-13,15-16,19-20H,8H2/b24-9-/t12-,13-,15-,16+,19+,20+/m0/s1. The number of carbonyl (C=O) groups is 2. The minimum Gasteiger partial charge on any atom is -0.455 e. The van der Waals surface area contributed by atoms with Crippen LogP contribution in [0, 0.1) is 45.6 Å². The molecule has 0 unspecified atom stereocenters. The van der Waals surface area contributed by atoms with Gasteiger partial charge in [-0.3, -0.25) is 19.7 Å². The maximum Gasteiger partial charge on any atom is 0.270 e. The number of nitro benzene ring substituents is 1. The van der Waals surface area contributed by atoms with E-state index in [2.05, 4.69) is 33.2 Å². The lowest BCUT2D eigenvalue weighted by atomic mass is 9.63. The van der Waals surface area contributed by atoms with Crippen LogP contribution in [0.4, 0.5) is 5.69 Å². The van der Waals surface area contributed by atoms with Crippen molar-refractivity contribution in [1.29, 1.82) is 0 Å². The number of rotatable bonds is 4. The molecule has 2 saturated carbocycles. The number of nitrogens with zero attached hydrogens (tertiary/aromatic N) is 3. The third-order valence-electron chi connectivity index (χ3n) is 7.00. The van der Waals surface area contributed by atoms with E-state index in [0.29, 0.717) is 33.4 Å². The number of non-ortho nitro benzene ring substituents is 1. The van der Waals surface area contributed by atoms with Crippen molar-refractivity contribution in [2.24, 2.45) is 40.6 Å². The smallest absolute Gasteiger partial charge is 0.270 e. The van der Waals surface area contributed by atoms with Gasteiger partial charge < -0.3 is 4.42 Å². The molecule has 1 aromatic carbocycles. The van der Waals surface area contributed by atoms with Crippen LogP contribution in [0.25, 0.3) is 11.3 Å². The van der Waals surface area contributed by atoms with Gasteiger partial charge in [-0.15, -0.1) is 0 Å². The largest absolute Gasteiger partial charge is 0.455 e. The van der Waals surface area contributed by atoms with E-state index in [9.17, 15) is 19.7 Å². The zero-order chi connectivity index (χ0) is 21.4. The van der Waals surface area contributed by atoms with Crippen molar-refractivity contribution in [3.63, 3.8) is 0 Å². The van der Waals surface area contributed by atoms with Gasteiger partial charge in [0.15, 0.2) is 0 Å². The molecule has 0 spiro atoms. The topological polar surface area (TPSA) is 106 Å². The van der Waals surface area contributed by atoms with Gasteiger partial charge in [-0.05, 0) is 64.2 Å². The summed E-state index contributed by atoms with van der Waals surface area (Å²) in [6.07, 6.45) is 6.73. The average Bonchev–Trinajstić information content (AvgIpc) is 3.40. The fraction of sp³-hybridized carbons (Fsp3) is 0.318. The van der Waals surface area contributed by atoms with E-state index in [-0.39, 0.29) is 41.2 Å². The summed E-state index contributed by atoms with van der Waals surface area (Å²) in [5, 5.41) is 16.1. The number of amides is 2. The number of hydrogen-bond acceptors (Lipinski definition) is 6. The van der Waals surface area contributed by atoms with E-state index in [1.54, 1.807) is 18.2 Å². The molecule has 7 rings (SSSR count).